The summed E-state index contributed by atoms with van der Waals surface area (Å²) < 4.78 is 0. The Balaban J connectivity index is 3.59. The van der Waals surface area contributed by atoms with Gasteiger partial charge in [0.1, 0.15) is 0 Å². The van der Waals surface area contributed by atoms with Gasteiger partial charge in [0.05, 0.1) is 18.8 Å². The van der Waals surface area contributed by atoms with E-state index >= 15 is 0 Å². The molecule has 0 radical (unpaired) electrons. The van der Waals surface area contributed by atoms with E-state index in [2.05, 4.69) is 43.5 Å². The van der Waals surface area contributed by atoms with Gasteiger partial charge in [0, 0.05) is 6.42 Å². The normalized spacial score (nSPS) is 13.3. The molecule has 50 heavy (non-hydrogen) atoms. The first-order chi connectivity index (χ1) is 24.7. The van der Waals surface area contributed by atoms with Crippen molar-refractivity contribution in [3.8, 4) is 0 Å². The Bertz CT molecular complexity index is 760. The number of aliphatic hydroxyl groups excluding tert-OH is 2. The van der Waals surface area contributed by atoms with Crippen LogP contribution in [0.5, 0.6) is 0 Å². The zero-order chi connectivity index (χ0) is 36.4. The molecule has 2 atom stereocenters. The molecule has 0 heterocycles. The first-order valence-corrected chi connectivity index (χ1v) is 22.2. The minimum Gasteiger partial charge on any atom is -0.394 e. The van der Waals surface area contributed by atoms with E-state index in [9.17, 15) is 15.0 Å². The van der Waals surface area contributed by atoms with Gasteiger partial charge in [-0.1, -0.05) is 204 Å². The number of hydrogen-bond donors (Lipinski definition) is 3. The van der Waals surface area contributed by atoms with E-state index in [0.29, 0.717) is 6.42 Å². The molecule has 3 N–H and O–H groups in total. The molecule has 0 spiro atoms. The monoisotopic (exact) mass is 702 g/mol. The number of allylic oxidation sites excluding steroid dienone is 5. The highest BCUT2D eigenvalue weighted by Crippen LogP contribution is 2.15. The van der Waals surface area contributed by atoms with Crippen LogP contribution in [0.3, 0.4) is 0 Å². The van der Waals surface area contributed by atoms with Crippen molar-refractivity contribution >= 4 is 5.91 Å². The van der Waals surface area contributed by atoms with Crippen LogP contribution in [0.15, 0.2) is 36.5 Å². The Morgan fingerprint density at radius 2 is 0.780 bits per heavy atom. The van der Waals surface area contributed by atoms with Crippen LogP contribution in [0.2, 0.25) is 0 Å². The Hall–Kier alpha value is -1.39. The van der Waals surface area contributed by atoms with Gasteiger partial charge in [-0.2, -0.15) is 0 Å². The molecule has 4 nitrogen and oxygen atoms in total. The van der Waals surface area contributed by atoms with Gasteiger partial charge in [-0.25, -0.2) is 0 Å². The van der Waals surface area contributed by atoms with Gasteiger partial charge in [0.15, 0.2) is 0 Å². The zero-order valence-electron chi connectivity index (χ0n) is 33.7. The van der Waals surface area contributed by atoms with Gasteiger partial charge in [0.25, 0.3) is 0 Å². The molecule has 0 aromatic carbocycles. The first-order valence-electron chi connectivity index (χ1n) is 22.2. The minimum absolute atomic E-state index is 0.0739. The summed E-state index contributed by atoms with van der Waals surface area (Å²) in [5.41, 5.74) is 0. The Labute approximate surface area is 312 Å². The van der Waals surface area contributed by atoms with E-state index < -0.39 is 12.1 Å². The van der Waals surface area contributed by atoms with E-state index in [4.69, 9.17) is 0 Å². The third-order valence-electron chi connectivity index (χ3n) is 10.1. The molecule has 4 heteroatoms. The third kappa shape index (κ3) is 37.9. The van der Waals surface area contributed by atoms with Crippen molar-refractivity contribution in [3.63, 3.8) is 0 Å². The molecule has 0 bridgehead atoms. The molecule has 0 aliphatic rings. The second-order valence-electron chi connectivity index (χ2n) is 15.1. The molecule has 0 aliphatic carbocycles. The fourth-order valence-corrected chi connectivity index (χ4v) is 6.66. The molecule has 0 aromatic heterocycles. The van der Waals surface area contributed by atoms with Crippen LogP contribution < -0.4 is 5.32 Å². The second kappa shape index (κ2) is 42.0. The highest BCUT2D eigenvalue weighted by Gasteiger charge is 2.17. The Morgan fingerprint density at radius 1 is 0.460 bits per heavy atom. The number of aliphatic hydroxyl groups is 2. The fourth-order valence-electron chi connectivity index (χ4n) is 6.66. The van der Waals surface area contributed by atoms with Crippen molar-refractivity contribution in [2.75, 3.05) is 6.61 Å². The average Bonchev–Trinajstić information content (AvgIpc) is 3.12. The van der Waals surface area contributed by atoms with Crippen LogP contribution >= 0.6 is 0 Å². The second-order valence-corrected chi connectivity index (χ2v) is 15.1. The number of unbranched alkanes of at least 4 members (excludes halogenated alkanes) is 29. The van der Waals surface area contributed by atoms with Crippen LogP contribution in [-0.4, -0.2) is 34.9 Å². The number of hydrogen-bond acceptors (Lipinski definition) is 3. The topological polar surface area (TPSA) is 69.6 Å². The lowest BCUT2D eigenvalue weighted by Gasteiger charge is -2.19. The summed E-state index contributed by atoms with van der Waals surface area (Å²) in [5, 5.41) is 23.0. The number of nitrogens with one attached hydrogen (secondary N) is 1. The smallest absolute Gasteiger partial charge is 0.220 e. The predicted molar refractivity (Wildman–Crippen MR) is 221 cm³/mol. The van der Waals surface area contributed by atoms with Crippen molar-refractivity contribution in [3.05, 3.63) is 36.5 Å². The molecule has 0 unspecified atom stereocenters. The molecule has 0 aromatic rings. The first kappa shape index (κ1) is 48.6. The summed E-state index contributed by atoms with van der Waals surface area (Å²) >= 11 is 0. The summed E-state index contributed by atoms with van der Waals surface area (Å²) in [6.45, 7) is 4.30. The summed E-state index contributed by atoms with van der Waals surface area (Å²) in [4.78, 5) is 12.4. The molecule has 0 saturated carbocycles. The van der Waals surface area contributed by atoms with E-state index in [-0.39, 0.29) is 12.5 Å². The van der Waals surface area contributed by atoms with Crippen molar-refractivity contribution in [2.24, 2.45) is 0 Å². The van der Waals surface area contributed by atoms with Crippen molar-refractivity contribution < 1.29 is 15.0 Å². The molecule has 0 rings (SSSR count). The van der Waals surface area contributed by atoms with Crippen LogP contribution in [0.25, 0.3) is 0 Å². The van der Waals surface area contributed by atoms with Crippen LogP contribution in [-0.2, 0) is 4.79 Å². The molecule has 0 aliphatic heterocycles. The molecular formula is C46H87NO3. The van der Waals surface area contributed by atoms with E-state index in [1.54, 1.807) is 6.08 Å². The lowest BCUT2D eigenvalue weighted by Crippen LogP contribution is -2.45. The van der Waals surface area contributed by atoms with E-state index in [0.717, 1.165) is 32.1 Å². The number of amides is 1. The molecule has 1 amide bonds. The maximum absolute atomic E-state index is 12.4. The van der Waals surface area contributed by atoms with E-state index in [1.165, 1.54) is 180 Å². The minimum atomic E-state index is -0.860. The van der Waals surface area contributed by atoms with Gasteiger partial charge in [0.2, 0.25) is 5.91 Å². The standard InChI is InChI=1S/C46H87NO3/c1-3-5-7-9-11-13-15-17-19-21-22-23-24-26-28-30-32-34-36-38-40-42-46(50)47-44(43-48)45(49)41-39-37-35-33-31-29-27-25-20-18-16-14-12-10-8-6-4-2/h17,19,31,33,39,41,44-45,48-49H,3-16,18,20-30,32,34-38,40,42-43H2,1-2H3,(H,47,50)/b19-17+,33-31+,41-39+/t44-,45+/m0/s1. The number of carbonyl (C=O) groups excluding carboxylic acids is 1. The van der Waals surface area contributed by atoms with Crippen molar-refractivity contribution in [2.45, 2.75) is 244 Å². The summed E-state index contributed by atoms with van der Waals surface area (Å²) in [5.74, 6) is -0.0739. The third-order valence-corrected chi connectivity index (χ3v) is 10.1. The highest BCUT2D eigenvalue weighted by molar-refractivity contribution is 5.76. The Kier molecular flexibility index (Phi) is 40.9. The predicted octanol–water partition coefficient (Wildman–Crippen LogP) is 13.8. The molecule has 0 fully saturated rings. The quantitative estimate of drug-likeness (QED) is 0.0440. The fraction of sp³-hybridized carbons (Fsp3) is 0.848. The summed E-state index contributed by atoms with van der Waals surface area (Å²) in [6.07, 6.45) is 55.4. The molecular weight excluding hydrogens is 615 g/mol. The lowest BCUT2D eigenvalue weighted by atomic mass is 10.0. The van der Waals surface area contributed by atoms with Crippen molar-refractivity contribution in [1.82, 2.24) is 5.32 Å². The van der Waals surface area contributed by atoms with Crippen LogP contribution in [0.1, 0.15) is 232 Å². The molecule has 294 valence electrons. The molecule has 0 saturated heterocycles. The van der Waals surface area contributed by atoms with Gasteiger partial charge in [-0.15, -0.1) is 0 Å². The maximum atomic E-state index is 12.4. The van der Waals surface area contributed by atoms with Gasteiger partial charge in [-0.05, 0) is 57.8 Å². The number of rotatable bonds is 40. The van der Waals surface area contributed by atoms with Gasteiger partial charge >= 0.3 is 0 Å². The SMILES string of the molecule is CCCCCCCC/C=C/CCCCCCCCCCCCCC(=O)N[C@@H](CO)[C@H](O)/C=C/CC/C=C/CCCCCCCCCCCCC. The average molecular weight is 702 g/mol. The van der Waals surface area contributed by atoms with Gasteiger partial charge < -0.3 is 15.5 Å². The lowest BCUT2D eigenvalue weighted by molar-refractivity contribution is -0.123. The number of carbonyl (C=O) groups is 1. The highest BCUT2D eigenvalue weighted by atomic mass is 16.3. The van der Waals surface area contributed by atoms with Gasteiger partial charge in [-0.3, -0.25) is 4.79 Å². The van der Waals surface area contributed by atoms with Crippen molar-refractivity contribution in [1.29, 1.82) is 0 Å². The maximum Gasteiger partial charge on any atom is 0.220 e. The Morgan fingerprint density at radius 3 is 1.16 bits per heavy atom. The zero-order valence-corrected chi connectivity index (χ0v) is 33.7. The van der Waals surface area contributed by atoms with Crippen LogP contribution in [0.4, 0.5) is 0 Å². The largest absolute Gasteiger partial charge is 0.394 e. The summed E-state index contributed by atoms with van der Waals surface area (Å²) in [6, 6.07) is -0.637. The summed E-state index contributed by atoms with van der Waals surface area (Å²) in [7, 11) is 0. The van der Waals surface area contributed by atoms with E-state index in [1.807, 2.05) is 6.08 Å². The van der Waals surface area contributed by atoms with Crippen LogP contribution in [0, 0.1) is 0 Å².